The van der Waals surface area contributed by atoms with Crippen molar-refractivity contribution < 1.29 is 4.74 Å². The average Bonchev–Trinajstić information content (AvgIpc) is 3.02. The Morgan fingerprint density at radius 1 is 1.25 bits per heavy atom. The van der Waals surface area contributed by atoms with Gasteiger partial charge in [-0.15, -0.1) is 0 Å². The zero-order valence-electron chi connectivity index (χ0n) is 16.0. The van der Waals surface area contributed by atoms with Crippen molar-refractivity contribution in [3.8, 4) is 11.1 Å². The van der Waals surface area contributed by atoms with Crippen LogP contribution in [0.4, 0.5) is 11.8 Å². The molecule has 1 spiro atoms. The van der Waals surface area contributed by atoms with Crippen molar-refractivity contribution in [2.45, 2.75) is 32.3 Å². The van der Waals surface area contributed by atoms with Gasteiger partial charge in [0.05, 0.1) is 28.3 Å². The van der Waals surface area contributed by atoms with Gasteiger partial charge in [0.15, 0.2) is 0 Å². The van der Waals surface area contributed by atoms with Crippen molar-refractivity contribution >= 4 is 35.0 Å². The topological polar surface area (TPSA) is 73.4 Å². The number of nitrogens with two attached hydrogens (primary N) is 1. The van der Waals surface area contributed by atoms with Crippen LogP contribution in [-0.4, -0.2) is 35.4 Å². The third kappa shape index (κ3) is 3.38. The zero-order valence-corrected chi connectivity index (χ0v) is 17.6. The summed E-state index contributed by atoms with van der Waals surface area (Å²) >= 11 is 12.1. The van der Waals surface area contributed by atoms with Gasteiger partial charge in [0.1, 0.15) is 5.82 Å². The highest BCUT2D eigenvalue weighted by atomic mass is 35.5. The van der Waals surface area contributed by atoms with Gasteiger partial charge in [-0.1, -0.05) is 29.3 Å². The second-order valence-corrected chi connectivity index (χ2v) is 8.79. The highest BCUT2D eigenvalue weighted by Crippen LogP contribution is 2.42. The van der Waals surface area contributed by atoms with Gasteiger partial charge < -0.3 is 15.4 Å². The molecular formula is C20H24Cl2N4O2. The molecule has 2 aliphatic heterocycles. The Bertz CT molecular complexity index is 967. The fourth-order valence-electron chi connectivity index (χ4n) is 4.39. The van der Waals surface area contributed by atoms with E-state index in [1.54, 1.807) is 29.8 Å². The van der Waals surface area contributed by atoms with E-state index in [4.69, 9.17) is 33.7 Å². The lowest BCUT2D eigenvalue weighted by atomic mass is 9.77. The molecule has 0 aliphatic carbocycles. The summed E-state index contributed by atoms with van der Waals surface area (Å²) in [5.74, 6) is 0.808. The van der Waals surface area contributed by atoms with Gasteiger partial charge in [-0.3, -0.25) is 9.36 Å². The molecule has 2 saturated heterocycles. The predicted molar refractivity (Wildman–Crippen MR) is 113 cm³/mol. The smallest absolute Gasteiger partial charge is 0.264 e. The number of hydrogen-bond donors (Lipinski definition) is 1. The summed E-state index contributed by atoms with van der Waals surface area (Å²) in [4.78, 5) is 19.8. The number of benzene rings is 1. The maximum Gasteiger partial charge on any atom is 0.264 e. The molecule has 2 aromatic rings. The lowest BCUT2D eigenvalue weighted by Crippen LogP contribution is -2.43. The van der Waals surface area contributed by atoms with E-state index >= 15 is 0 Å². The van der Waals surface area contributed by atoms with Gasteiger partial charge in [-0.2, -0.15) is 4.98 Å². The van der Waals surface area contributed by atoms with Crippen molar-refractivity contribution in [2.75, 3.05) is 30.3 Å². The fraction of sp³-hybridized carbons (Fsp3) is 0.500. The zero-order chi connectivity index (χ0) is 20.1. The normalized spacial score (nSPS) is 21.4. The van der Waals surface area contributed by atoms with E-state index < -0.39 is 0 Å². The van der Waals surface area contributed by atoms with Crippen LogP contribution in [0.2, 0.25) is 10.0 Å². The van der Waals surface area contributed by atoms with Crippen molar-refractivity contribution in [1.82, 2.24) is 9.55 Å². The molecule has 1 aromatic carbocycles. The fourth-order valence-corrected chi connectivity index (χ4v) is 4.69. The summed E-state index contributed by atoms with van der Waals surface area (Å²) in [5, 5.41) is 0.803. The first-order valence-electron chi connectivity index (χ1n) is 9.48. The summed E-state index contributed by atoms with van der Waals surface area (Å²) in [6.45, 7) is 4.63. The van der Waals surface area contributed by atoms with E-state index in [0.717, 1.165) is 39.0 Å². The minimum atomic E-state index is -0.195. The van der Waals surface area contributed by atoms with Crippen LogP contribution in [0.25, 0.3) is 11.1 Å². The largest absolute Gasteiger partial charge is 0.383 e. The average molecular weight is 423 g/mol. The number of rotatable bonds is 2. The van der Waals surface area contributed by atoms with Crippen LogP contribution < -0.4 is 16.2 Å². The third-order valence-corrected chi connectivity index (χ3v) is 6.74. The molecule has 4 rings (SSSR count). The van der Waals surface area contributed by atoms with Crippen molar-refractivity contribution in [2.24, 2.45) is 12.5 Å². The number of halogens is 2. The summed E-state index contributed by atoms with van der Waals surface area (Å²) in [6, 6.07) is 5.03. The molecule has 0 saturated carbocycles. The number of anilines is 2. The van der Waals surface area contributed by atoms with E-state index in [0.29, 0.717) is 33.2 Å². The first-order valence-corrected chi connectivity index (χ1v) is 10.2. The predicted octanol–water partition coefficient (Wildman–Crippen LogP) is 3.73. The van der Waals surface area contributed by atoms with Crippen molar-refractivity contribution in [3.63, 3.8) is 0 Å². The Morgan fingerprint density at radius 2 is 1.96 bits per heavy atom. The number of piperidine rings is 1. The molecule has 0 unspecified atom stereocenters. The number of nitrogen functional groups attached to an aromatic ring is 1. The SMILES string of the molecule is C[C@H]1CC2(CCN(c3nc(N)c(-c4ccc(Cl)c(Cl)c4)c(=O)n3C)CC2)CO1. The first kappa shape index (κ1) is 19.6. The molecule has 0 radical (unpaired) electrons. The summed E-state index contributed by atoms with van der Waals surface area (Å²) in [5.41, 5.74) is 7.23. The van der Waals surface area contributed by atoms with Crippen LogP contribution in [0.3, 0.4) is 0 Å². The quantitative estimate of drug-likeness (QED) is 0.797. The van der Waals surface area contributed by atoms with Crippen LogP contribution in [0.1, 0.15) is 26.2 Å². The molecule has 6 nitrogen and oxygen atoms in total. The van der Waals surface area contributed by atoms with E-state index in [1.807, 2.05) is 0 Å². The van der Waals surface area contributed by atoms with Crippen molar-refractivity contribution in [1.29, 1.82) is 0 Å². The van der Waals surface area contributed by atoms with Crippen LogP contribution in [0.15, 0.2) is 23.0 Å². The Labute approximate surface area is 174 Å². The Balaban J connectivity index is 1.63. The number of ether oxygens (including phenoxy) is 1. The minimum absolute atomic E-state index is 0.195. The van der Waals surface area contributed by atoms with E-state index in [2.05, 4.69) is 16.8 Å². The minimum Gasteiger partial charge on any atom is -0.383 e. The molecule has 0 bridgehead atoms. The molecular weight excluding hydrogens is 399 g/mol. The van der Waals surface area contributed by atoms with Crippen LogP contribution in [-0.2, 0) is 11.8 Å². The highest BCUT2D eigenvalue weighted by molar-refractivity contribution is 6.42. The maximum absolute atomic E-state index is 13.1. The number of aromatic nitrogens is 2. The Hall–Kier alpha value is -1.76. The van der Waals surface area contributed by atoms with Gasteiger partial charge in [0, 0.05) is 20.1 Å². The van der Waals surface area contributed by atoms with Crippen LogP contribution >= 0.6 is 23.2 Å². The molecule has 0 amide bonds. The summed E-state index contributed by atoms with van der Waals surface area (Å²) in [7, 11) is 1.73. The number of nitrogens with zero attached hydrogens (tertiary/aromatic N) is 3. The van der Waals surface area contributed by atoms with Crippen LogP contribution in [0, 0.1) is 5.41 Å². The second-order valence-electron chi connectivity index (χ2n) is 7.98. The van der Waals surface area contributed by atoms with Crippen LogP contribution in [0.5, 0.6) is 0 Å². The van der Waals surface area contributed by atoms with E-state index in [9.17, 15) is 4.79 Å². The second kappa shape index (κ2) is 7.25. The lowest BCUT2D eigenvalue weighted by Gasteiger charge is -2.39. The van der Waals surface area contributed by atoms with Gasteiger partial charge in [0.2, 0.25) is 5.95 Å². The molecule has 1 atom stereocenters. The number of hydrogen-bond acceptors (Lipinski definition) is 5. The molecule has 8 heteroatoms. The third-order valence-electron chi connectivity index (χ3n) is 6.00. The van der Waals surface area contributed by atoms with Gasteiger partial charge in [-0.25, -0.2) is 0 Å². The molecule has 28 heavy (non-hydrogen) atoms. The van der Waals surface area contributed by atoms with Crippen molar-refractivity contribution in [3.05, 3.63) is 38.6 Å². The van der Waals surface area contributed by atoms with Gasteiger partial charge in [0.25, 0.3) is 5.56 Å². The lowest BCUT2D eigenvalue weighted by molar-refractivity contribution is 0.0974. The molecule has 150 valence electrons. The monoisotopic (exact) mass is 422 g/mol. The molecule has 1 aromatic heterocycles. The summed E-state index contributed by atoms with van der Waals surface area (Å²) < 4.78 is 7.37. The van der Waals surface area contributed by atoms with Gasteiger partial charge in [-0.05, 0) is 49.3 Å². The van der Waals surface area contributed by atoms with Gasteiger partial charge >= 0.3 is 0 Å². The maximum atomic E-state index is 13.1. The standard InChI is InChI=1S/C20H24Cl2N4O2/c1-12-10-20(11-28-12)5-7-26(8-6-20)19-24-17(23)16(18(27)25(19)2)13-3-4-14(21)15(22)9-13/h3-4,9,12H,5-8,10-11,23H2,1-2H3/t12-/m0/s1. The summed E-state index contributed by atoms with van der Waals surface area (Å²) in [6.07, 6.45) is 3.49. The molecule has 2 fully saturated rings. The molecule has 2 aliphatic rings. The Morgan fingerprint density at radius 3 is 2.57 bits per heavy atom. The first-order chi connectivity index (χ1) is 13.3. The molecule has 2 N–H and O–H groups in total. The molecule has 3 heterocycles. The Kier molecular flexibility index (Phi) is 5.06. The highest BCUT2D eigenvalue weighted by Gasteiger charge is 2.41. The van der Waals surface area contributed by atoms with E-state index in [1.165, 1.54) is 0 Å². The van der Waals surface area contributed by atoms with E-state index in [-0.39, 0.29) is 16.8 Å².